The third-order valence-electron chi connectivity index (χ3n) is 10.5. The predicted molar refractivity (Wildman–Crippen MR) is 188 cm³/mol. The fourth-order valence-electron chi connectivity index (χ4n) is 7.97. The largest absolute Gasteiger partial charge is 0.497 e. The van der Waals surface area contributed by atoms with Crippen molar-refractivity contribution in [3.63, 3.8) is 0 Å². The normalized spacial score (nSPS) is 22.4. The molecule has 0 radical (unpaired) electrons. The second-order valence-corrected chi connectivity index (χ2v) is 13.2. The highest BCUT2D eigenvalue weighted by molar-refractivity contribution is 5.86. The molecule has 5 aliphatic rings. The van der Waals surface area contributed by atoms with E-state index in [1.54, 1.807) is 23.3 Å². The average molecular weight is 665 g/mol. The van der Waals surface area contributed by atoms with Gasteiger partial charge in [-0.15, -0.1) is 0 Å². The van der Waals surface area contributed by atoms with Gasteiger partial charge in [0.2, 0.25) is 0 Å². The fourth-order valence-corrected chi connectivity index (χ4v) is 7.97. The van der Waals surface area contributed by atoms with Crippen molar-refractivity contribution in [2.45, 2.75) is 51.2 Å². The smallest absolute Gasteiger partial charge is 0.435 e. The van der Waals surface area contributed by atoms with E-state index in [-0.39, 0.29) is 6.04 Å². The molecule has 6 heterocycles. The Bertz CT molecular complexity index is 1750. The van der Waals surface area contributed by atoms with Crippen molar-refractivity contribution >= 4 is 34.5 Å². The molecule has 1 aromatic heterocycles. The summed E-state index contributed by atoms with van der Waals surface area (Å²) in [7, 11) is 1.67. The minimum absolute atomic E-state index is 0.225. The second-order valence-electron chi connectivity index (χ2n) is 13.2. The van der Waals surface area contributed by atoms with E-state index < -0.39 is 18.3 Å². The molecule has 2 bridgehead atoms. The first-order valence-electron chi connectivity index (χ1n) is 17.3. The Morgan fingerprint density at radius 1 is 0.918 bits per heavy atom. The van der Waals surface area contributed by atoms with Gasteiger partial charge in [-0.05, 0) is 97.2 Å². The maximum atomic E-state index is 12.0. The number of anilines is 2. The van der Waals surface area contributed by atoms with Gasteiger partial charge in [-0.25, -0.2) is 20.4 Å². The number of aliphatic hydroxyl groups excluding tert-OH is 1. The third-order valence-corrected chi connectivity index (χ3v) is 10.5. The Morgan fingerprint density at radius 3 is 2.16 bits per heavy atom. The van der Waals surface area contributed by atoms with Crippen LogP contribution in [0.5, 0.6) is 5.75 Å². The van der Waals surface area contributed by atoms with Crippen molar-refractivity contribution in [1.82, 2.24) is 20.7 Å². The fraction of sp³-hybridized carbons (Fsp3) is 0.395. The lowest BCUT2D eigenvalue weighted by Crippen LogP contribution is -2.55. The molecule has 5 aliphatic heterocycles. The molecule has 256 valence electrons. The summed E-state index contributed by atoms with van der Waals surface area (Å²) < 4.78 is 10.2. The van der Waals surface area contributed by atoms with Crippen molar-refractivity contribution in [3.8, 4) is 5.75 Å². The molecule has 0 saturated carbocycles. The summed E-state index contributed by atoms with van der Waals surface area (Å²) >= 11 is 0. The molecule has 4 aromatic rings. The van der Waals surface area contributed by atoms with Crippen LogP contribution in [0.2, 0.25) is 0 Å². The quantitative estimate of drug-likeness (QED) is 0.221. The molecular formula is C38H44N6O5. The maximum absolute atomic E-state index is 12.0. The van der Waals surface area contributed by atoms with E-state index in [1.807, 2.05) is 72.8 Å². The molecule has 2 amide bonds. The minimum Gasteiger partial charge on any atom is -0.497 e. The molecule has 11 nitrogen and oxygen atoms in total. The van der Waals surface area contributed by atoms with Crippen molar-refractivity contribution in [2.75, 3.05) is 43.3 Å². The first kappa shape index (κ1) is 32.7. The van der Waals surface area contributed by atoms with Crippen LogP contribution >= 0.6 is 0 Å². The Balaban J connectivity index is 0.000000154. The van der Waals surface area contributed by atoms with E-state index in [1.165, 1.54) is 12.8 Å². The molecule has 0 spiro atoms. The van der Waals surface area contributed by atoms with Crippen LogP contribution in [-0.2, 0) is 17.6 Å². The summed E-state index contributed by atoms with van der Waals surface area (Å²) in [6.45, 7) is 5.84. The zero-order chi connectivity index (χ0) is 33.9. The van der Waals surface area contributed by atoms with Crippen LogP contribution in [-0.4, -0.2) is 66.5 Å². The lowest BCUT2D eigenvalue weighted by Gasteiger charge is -2.51. The zero-order valence-corrected chi connectivity index (χ0v) is 28.0. The Kier molecular flexibility index (Phi) is 9.54. The van der Waals surface area contributed by atoms with Crippen LogP contribution in [0, 0.1) is 11.8 Å². The number of carbonyl (C=O) groups is 2. The maximum Gasteiger partial charge on any atom is 0.435 e. The number of hydrazine groups is 2. The Morgan fingerprint density at radius 2 is 1.57 bits per heavy atom. The summed E-state index contributed by atoms with van der Waals surface area (Å²) in [4.78, 5) is 30.9. The van der Waals surface area contributed by atoms with E-state index in [9.17, 15) is 14.7 Å². The molecule has 1 unspecified atom stereocenters. The van der Waals surface area contributed by atoms with Gasteiger partial charge in [0.1, 0.15) is 5.75 Å². The number of methoxy groups -OCH3 is 1. The van der Waals surface area contributed by atoms with Gasteiger partial charge in [0, 0.05) is 37.3 Å². The standard InChI is InChI=1S/C20H26N2O2.C18H18N4O3/c1-3-13-12-22-9-7-14(13)10-19(22)20(23)16-6-8-21-18-5-4-15(24-2)11-17(16)18;23-17(19-21-11-9-13-5-1-3-7-15(13)21)25-18(24)20-22-12-10-14-6-2-4-8-16(14)22/h4-6,8,11,13-14,19-20,23H,3,7,9-10,12H2,1-2H3;1-8H,9-12H2,(H,19,23)(H,20,24)/t13-,14-,19+,20-;/m0./s1. The highest BCUT2D eigenvalue weighted by Gasteiger charge is 2.42. The van der Waals surface area contributed by atoms with Crippen molar-refractivity contribution in [3.05, 3.63) is 95.7 Å². The number of piperidine rings is 3. The van der Waals surface area contributed by atoms with E-state index >= 15 is 0 Å². The molecule has 9 rings (SSSR count). The number of nitrogens with zero attached hydrogens (tertiary/aromatic N) is 4. The lowest BCUT2D eigenvalue weighted by atomic mass is 9.72. The summed E-state index contributed by atoms with van der Waals surface area (Å²) in [5.41, 5.74) is 11.2. The summed E-state index contributed by atoms with van der Waals surface area (Å²) in [6.07, 6.45) is 5.05. The number of benzene rings is 3. The number of rotatable bonds is 6. The minimum atomic E-state index is -0.804. The van der Waals surface area contributed by atoms with E-state index in [0.29, 0.717) is 13.1 Å². The molecule has 3 N–H and O–H groups in total. The predicted octanol–water partition coefficient (Wildman–Crippen LogP) is 5.77. The first-order chi connectivity index (χ1) is 23.9. The number of aromatic nitrogens is 1. The number of hydrogen-bond acceptors (Lipinski definition) is 9. The van der Waals surface area contributed by atoms with Crippen molar-refractivity contribution in [2.24, 2.45) is 11.8 Å². The molecule has 11 heteroatoms. The second kappa shape index (κ2) is 14.3. The van der Waals surface area contributed by atoms with Crippen LogP contribution in [0.1, 0.15) is 49.0 Å². The van der Waals surface area contributed by atoms with Crippen molar-refractivity contribution < 1.29 is 24.2 Å². The molecular weight excluding hydrogens is 620 g/mol. The number of nitrogens with one attached hydrogen (secondary N) is 2. The summed E-state index contributed by atoms with van der Waals surface area (Å²) in [6, 6.07) is 23.7. The number of amides is 2. The lowest BCUT2D eigenvalue weighted by molar-refractivity contribution is -0.0562. The van der Waals surface area contributed by atoms with Gasteiger partial charge < -0.3 is 14.6 Å². The average Bonchev–Trinajstić information content (AvgIpc) is 3.74. The number of aliphatic hydroxyl groups is 1. The number of carbonyl (C=O) groups excluding carboxylic acids is 2. The van der Waals surface area contributed by atoms with Gasteiger partial charge >= 0.3 is 12.2 Å². The first-order valence-corrected chi connectivity index (χ1v) is 17.3. The molecule has 5 atom stereocenters. The van der Waals surface area contributed by atoms with Gasteiger partial charge in [-0.2, -0.15) is 0 Å². The Hall–Kier alpha value is -4.87. The van der Waals surface area contributed by atoms with E-state index in [2.05, 4.69) is 27.7 Å². The van der Waals surface area contributed by atoms with E-state index in [4.69, 9.17) is 9.47 Å². The number of pyridine rings is 1. The SMILES string of the molecule is CC[C@H]1CN2CC[C@H]1C[C@@H]2[C@@H](O)c1ccnc2ccc(OC)cc12.O=C(NN1CCc2ccccc21)OC(=O)NN1CCc2ccccc21. The molecule has 3 saturated heterocycles. The van der Waals surface area contributed by atoms with Gasteiger partial charge in [0.05, 0.1) is 30.1 Å². The Labute approximate surface area is 286 Å². The van der Waals surface area contributed by atoms with Gasteiger partial charge in [0.25, 0.3) is 0 Å². The molecule has 0 aliphatic carbocycles. The number of ether oxygens (including phenoxy) is 2. The van der Waals surface area contributed by atoms with Gasteiger partial charge in [-0.3, -0.25) is 19.9 Å². The van der Waals surface area contributed by atoms with Gasteiger partial charge in [-0.1, -0.05) is 49.7 Å². The number of fused-ring (bicyclic) bond motifs is 6. The highest BCUT2D eigenvalue weighted by Crippen LogP contribution is 2.43. The molecule has 3 aromatic carbocycles. The number of para-hydroxylation sites is 2. The topological polar surface area (TPSA) is 119 Å². The molecule has 49 heavy (non-hydrogen) atoms. The van der Waals surface area contributed by atoms with Crippen LogP contribution in [0.15, 0.2) is 79.0 Å². The van der Waals surface area contributed by atoms with Crippen molar-refractivity contribution in [1.29, 1.82) is 0 Å². The number of hydrogen-bond donors (Lipinski definition) is 3. The summed E-state index contributed by atoms with van der Waals surface area (Å²) in [5.74, 6) is 2.37. The van der Waals surface area contributed by atoms with Gasteiger partial charge in [0.15, 0.2) is 0 Å². The monoisotopic (exact) mass is 664 g/mol. The van der Waals surface area contributed by atoms with Crippen LogP contribution in [0.4, 0.5) is 21.0 Å². The van der Waals surface area contributed by atoms with Crippen LogP contribution in [0.25, 0.3) is 10.9 Å². The molecule has 3 fully saturated rings. The summed E-state index contributed by atoms with van der Waals surface area (Å²) in [5, 5.41) is 15.6. The van der Waals surface area contributed by atoms with E-state index in [0.717, 1.165) is 88.9 Å². The zero-order valence-electron chi connectivity index (χ0n) is 28.0. The third kappa shape index (κ3) is 6.86. The highest BCUT2D eigenvalue weighted by atomic mass is 16.6. The van der Waals surface area contributed by atoms with Crippen LogP contribution < -0.4 is 25.6 Å². The van der Waals surface area contributed by atoms with Crippen LogP contribution in [0.3, 0.4) is 0 Å².